The molecule has 1 saturated heterocycles. The summed E-state index contributed by atoms with van der Waals surface area (Å²) in [7, 11) is -4.40. The Bertz CT molecular complexity index is 2140. The van der Waals surface area contributed by atoms with E-state index in [0.717, 1.165) is 15.9 Å². The number of benzene rings is 5. The van der Waals surface area contributed by atoms with Crippen molar-refractivity contribution in [3.05, 3.63) is 173 Å². The third kappa shape index (κ3) is 7.18. The van der Waals surface area contributed by atoms with Crippen molar-refractivity contribution < 1.29 is 33.0 Å². The zero-order valence-electron chi connectivity index (χ0n) is 28.9. The summed E-state index contributed by atoms with van der Waals surface area (Å²) in [5.74, 6) is -1.71. The van der Waals surface area contributed by atoms with Crippen LogP contribution in [0.15, 0.2) is 157 Å². The number of para-hydroxylation sites is 2. The second-order valence-corrected chi connectivity index (χ2v) is 17.7. The smallest absolute Gasteiger partial charge is 0.355 e. The molecule has 0 radical (unpaired) electrons. The van der Waals surface area contributed by atoms with Gasteiger partial charge in [0.1, 0.15) is 52.6 Å². The van der Waals surface area contributed by atoms with Crippen LogP contribution in [0, 0.1) is 10.1 Å². The average Bonchev–Trinajstić information content (AvgIpc) is 3.21. The topological polar surface area (TPSA) is 145 Å². The second-order valence-electron chi connectivity index (χ2n) is 12.7. The van der Waals surface area contributed by atoms with E-state index in [9.17, 15) is 28.7 Å². The number of nitro groups is 1. The van der Waals surface area contributed by atoms with E-state index in [4.69, 9.17) is 9.47 Å². The fourth-order valence-electron chi connectivity index (χ4n) is 6.92. The van der Waals surface area contributed by atoms with Gasteiger partial charge in [0.15, 0.2) is 6.61 Å². The van der Waals surface area contributed by atoms with Gasteiger partial charge in [0.25, 0.3) is 17.5 Å². The molecule has 0 saturated carbocycles. The number of nitro benzene ring substituents is 1. The molecule has 7 rings (SSSR count). The van der Waals surface area contributed by atoms with E-state index in [0.29, 0.717) is 11.3 Å². The normalized spacial score (nSPS) is 17.9. The Labute approximate surface area is 314 Å². The Morgan fingerprint density at radius 2 is 1.31 bits per heavy atom. The molecule has 0 aliphatic carbocycles. The first kappa shape index (κ1) is 36.4. The Morgan fingerprint density at radius 1 is 0.796 bits per heavy atom. The molecule has 1 unspecified atom stereocenters. The summed E-state index contributed by atoms with van der Waals surface area (Å²) in [6.45, 7) is -0.812. The molecule has 2 aliphatic heterocycles. The summed E-state index contributed by atoms with van der Waals surface area (Å²) >= 11 is 0. The van der Waals surface area contributed by atoms with E-state index < -0.39 is 58.8 Å². The highest BCUT2D eigenvalue weighted by atomic mass is 32.2. The molecule has 5 aromatic carbocycles. The van der Waals surface area contributed by atoms with Gasteiger partial charge in [-0.25, -0.2) is 4.79 Å². The number of fused-ring (bicyclic) bond motifs is 1. The number of nitrogens with one attached hydrogen (secondary N) is 1. The zero-order chi connectivity index (χ0) is 37.7. The molecule has 0 aromatic heterocycles. The summed E-state index contributed by atoms with van der Waals surface area (Å²) in [5, 5.41) is 16.4. The van der Waals surface area contributed by atoms with Gasteiger partial charge >= 0.3 is 5.97 Å². The Kier molecular flexibility index (Phi) is 10.8. The number of carbonyl (C=O) groups excluding carboxylic acids is 3. The van der Waals surface area contributed by atoms with Crippen LogP contribution in [0.1, 0.15) is 5.56 Å². The minimum absolute atomic E-state index is 0.0682. The van der Waals surface area contributed by atoms with Gasteiger partial charge in [0.05, 0.1) is 33.2 Å². The molecule has 2 amide bonds. The largest absolute Gasteiger partial charge is 0.484 e. The summed E-state index contributed by atoms with van der Waals surface area (Å²) in [5.41, 5.74) is 0.339. The van der Waals surface area contributed by atoms with E-state index in [1.807, 2.05) is 97.1 Å². The van der Waals surface area contributed by atoms with Crippen LogP contribution in [0.4, 0.5) is 5.69 Å². The van der Waals surface area contributed by atoms with Crippen LogP contribution in [-0.2, 0) is 36.5 Å². The number of ether oxygens (including phenoxy) is 2. The van der Waals surface area contributed by atoms with Crippen LogP contribution < -0.4 is 26.0 Å². The number of carbonyl (C=O) groups is 3. The number of hydrogen-bond donors (Lipinski definition) is 1. The lowest BCUT2D eigenvalue weighted by atomic mass is 10.0. The number of esters is 1. The first-order valence-corrected chi connectivity index (χ1v) is 20.5. The minimum Gasteiger partial charge on any atom is -0.484 e. The fraction of sp³-hybridized carbons (Fsp3) is 0.146. The summed E-state index contributed by atoms with van der Waals surface area (Å²) in [4.78, 5) is 53.7. The van der Waals surface area contributed by atoms with Crippen LogP contribution in [0.25, 0.3) is 0 Å². The SMILES string of the molecule is O=C(COc1ccccc1)N[C@@H]1C(=O)N2C(C(=O)OCc3ccccc3[N+](=O)[O-])=C(C[P+](c3ccccc3)(c3ccccc3)c3ccccc3)CS(=O)[C@H]12. The Hall–Kier alpha value is -5.97. The average molecular weight is 761 g/mol. The van der Waals surface area contributed by atoms with Crippen LogP contribution in [0.5, 0.6) is 5.75 Å². The maximum Gasteiger partial charge on any atom is 0.355 e. The fourth-order valence-corrected chi connectivity index (χ4v) is 13.1. The summed E-state index contributed by atoms with van der Waals surface area (Å²) < 4.78 is 25.6. The van der Waals surface area contributed by atoms with Crippen molar-refractivity contribution in [3.8, 4) is 5.75 Å². The molecule has 11 nitrogen and oxygen atoms in total. The van der Waals surface area contributed by atoms with E-state index >= 15 is 0 Å². The first-order valence-electron chi connectivity index (χ1n) is 17.1. The molecule has 5 aromatic rings. The van der Waals surface area contributed by atoms with Crippen molar-refractivity contribution >= 4 is 57.4 Å². The van der Waals surface area contributed by atoms with Crippen molar-refractivity contribution in [3.63, 3.8) is 0 Å². The molecule has 2 aliphatic rings. The van der Waals surface area contributed by atoms with Crippen LogP contribution in [0.3, 0.4) is 0 Å². The Balaban J connectivity index is 1.29. The predicted molar refractivity (Wildman–Crippen MR) is 207 cm³/mol. The highest BCUT2D eigenvalue weighted by molar-refractivity contribution is 7.96. The lowest BCUT2D eigenvalue weighted by molar-refractivity contribution is -0.385. The van der Waals surface area contributed by atoms with Crippen molar-refractivity contribution in [1.29, 1.82) is 0 Å². The minimum atomic E-state index is -2.65. The maximum atomic E-state index is 14.4. The standard InChI is InChI=1S/C41H34N3O8PS/c45-36(26-51-31-16-5-1-6-17-31)42-37-39(46)43-38(41(47)52-25-29-15-13-14-24-35(29)44(48)49)30(28-54(50)40(37)43)27-53(32-18-7-2-8-19-32,33-20-9-3-10-21-33)34-22-11-4-12-23-34/h1-24,37,40H,25-28H2/p+1/t37-,40-,54?/m1/s1. The van der Waals surface area contributed by atoms with Gasteiger partial charge in [0, 0.05) is 11.6 Å². The summed E-state index contributed by atoms with van der Waals surface area (Å²) in [6.07, 6.45) is 0.241. The Morgan fingerprint density at radius 3 is 1.87 bits per heavy atom. The van der Waals surface area contributed by atoms with Gasteiger partial charge in [-0.15, -0.1) is 0 Å². The van der Waals surface area contributed by atoms with Crippen molar-refractivity contribution in [2.75, 3.05) is 18.5 Å². The molecule has 54 heavy (non-hydrogen) atoms. The van der Waals surface area contributed by atoms with E-state index in [1.54, 1.807) is 30.3 Å². The molecule has 272 valence electrons. The molecule has 2 heterocycles. The van der Waals surface area contributed by atoms with E-state index in [-0.39, 0.29) is 35.5 Å². The van der Waals surface area contributed by atoms with Gasteiger partial charge in [-0.3, -0.25) is 28.8 Å². The second kappa shape index (κ2) is 16.0. The van der Waals surface area contributed by atoms with E-state index in [2.05, 4.69) is 5.32 Å². The number of hydrogen-bond acceptors (Lipinski definition) is 8. The van der Waals surface area contributed by atoms with Gasteiger partial charge in [-0.2, -0.15) is 0 Å². The lowest BCUT2D eigenvalue weighted by Crippen LogP contribution is -2.74. The van der Waals surface area contributed by atoms with Crippen molar-refractivity contribution in [2.24, 2.45) is 0 Å². The highest BCUT2D eigenvalue weighted by Gasteiger charge is 2.59. The van der Waals surface area contributed by atoms with Crippen LogP contribution >= 0.6 is 7.26 Å². The molecular weight excluding hydrogens is 726 g/mol. The zero-order valence-corrected chi connectivity index (χ0v) is 30.6. The maximum absolute atomic E-state index is 14.4. The third-order valence-electron chi connectivity index (χ3n) is 9.39. The monoisotopic (exact) mass is 760 g/mol. The molecule has 13 heteroatoms. The molecule has 1 fully saturated rings. The molecule has 0 bridgehead atoms. The lowest BCUT2D eigenvalue weighted by Gasteiger charge is -2.49. The molecule has 1 N–H and O–H groups in total. The van der Waals surface area contributed by atoms with Crippen LogP contribution in [-0.4, -0.2) is 61.8 Å². The highest BCUT2D eigenvalue weighted by Crippen LogP contribution is 2.57. The van der Waals surface area contributed by atoms with Crippen molar-refractivity contribution in [1.82, 2.24) is 10.2 Å². The number of nitrogens with zero attached hydrogens (tertiary/aromatic N) is 2. The van der Waals surface area contributed by atoms with E-state index in [1.165, 1.54) is 23.1 Å². The van der Waals surface area contributed by atoms with Gasteiger partial charge in [-0.05, 0) is 54.6 Å². The number of β-lactam (4-membered cyclic amide) rings is 1. The summed E-state index contributed by atoms with van der Waals surface area (Å²) in [6, 6.07) is 43.2. The van der Waals surface area contributed by atoms with Gasteiger partial charge in [0.2, 0.25) is 0 Å². The molecule has 0 spiro atoms. The molecular formula is C41H35N3O8PS+. The third-order valence-corrected chi connectivity index (χ3v) is 15.4. The quantitative estimate of drug-likeness (QED) is 0.0613. The van der Waals surface area contributed by atoms with Crippen LogP contribution in [0.2, 0.25) is 0 Å². The van der Waals surface area contributed by atoms with Gasteiger partial charge in [-0.1, -0.05) is 84.9 Å². The number of rotatable bonds is 13. The van der Waals surface area contributed by atoms with Gasteiger partial charge < -0.3 is 14.8 Å². The number of amides is 2. The van der Waals surface area contributed by atoms with Crippen molar-refractivity contribution in [2.45, 2.75) is 18.0 Å². The first-order chi connectivity index (χ1) is 26.3. The molecule has 3 atom stereocenters. The predicted octanol–water partition coefficient (Wildman–Crippen LogP) is 4.38.